The number of H-pyrrole nitrogens is 1. The number of carbonyl (C=O) groups excluding carboxylic acids is 1. The van der Waals surface area contributed by atoms with Crippen molar-refractivity contribution in [2.24, 2.45) is 0 Å². The van der Waals surface area contributed by atoms with Crippen LogP contribution in [0.4, 0.5) is 0 Å². The number of hydrogen-bond acceptors (Lipinski definition) is 6. The van der Waals surface area contributed by atoms with Gasteiger partial charge in [-0.05, 0) is 18.9 Å². The number of fused-ring (bicyclic) bond motifs is 1. The summed E-state index contributed by atoms with van der Waals surface area (Å²) in [6.07, 6.45) is 1.18. The third-order valence-electron chi connectivity index (χ3n) is 5.73. The molecule has 1 spiro atoms. The molecule has 4 rings (SSSR count). The Hall–Kier alpha value is -2.52. The Bertz CT molecular complexity index is 1050. The highest BCUT2D eigenvalue weighted by Crippen LogP contribution is 2.32. The molecule has 0 bridgehead atoms. The third-order valence-corrected chi connectivity index (χ3v) is 5.73. The first kappa shape index (κ1) is 19.8. The molecule has 29 heavy (non-hydrogen) atoms. The van der Waals surface area contributed by atoms with Crippen molar-refractivity contribution in [3.63, 3.8) is 0 Å². The van der Waals surface area contributed by atoms with Crippen LogP contribution in [-0.4, -0.2) is 57.4 Å². The van der Waals surface area contributed by atoms with Gasteiger partial charge in [0.2, 0.25) is 0 Å². The second-order valence-corrected chi connectivity index (χ2v) is 7.85. The SMILES string of the molecule is CCn1c(=O)[nH]c(=O)c2c(C(=O)N3CCC4(CC3)OCCO4)cc(C(C)C)nc21. The normalized spacial score (nSPS) is 18.8. The lowest BCUT2D eigenvalue weighted by Gasteiger charge is -2.37. The highest BCUT2D eigenvalue weighted by atomic mass is 16.7. The number of likely N-dealkylation sites (tertiary alicyclic amines) is 1. The summed E-state index contributed by atoms with van der Waals surface area (Å²) in [5.41, 5.74) is 0.103. The van der Waals surface area contributed by atoms with Crippen LogP contribution in [0.2, 0.25) is 0 Å². The van der Waals surface area contributed by atoms with Gasteiger partial charge in [0.05, 0.1) is 24.2 Å². The molecule has 2 fully saturated rings. The number of amides is 1. The van der Waals surface area contributed by atoms with E-state index in [0.717, 1.165) is 0 Å². The van der Waals surface area contributed by atoms with E-state index in [4.69, 9.17) is 9.47 Å². The van der Waals surface area contributed by atoms with Crippen LogP contribution in [0.5, 0.6) is 0 Å². The number of nitrogens with one attached hydrogen (secondary N) is 1. The number of rotatable bonds is 3. The second kappa shape index (κ2) is 7.38. The summed E-state index contributed by atoms with van der Waals surface area (Å²) < 4.78 is 12.9. The molecule has 0 aliphatic carbocycles. The van der Waals surface area contributed by atoms with Crippen LogP contribution in [0.15, 0.2) is 15.7 Å². The summed E-state index contributed by atoms with van der Waals surface area (Å²) in [7, 11) is 0. The topological polar surface area (TPSA) is 107 Å². The fourth-order valence-electron chi connectivity index (χ4n) is 4.06. The van der Waals surface area contributed by atoms with E-state index in [2.05, 4.69) is 9.97 Å². The molecule has 0 unspecified atom stereocenters. The zero-order chi connectivity index (χ0) is 20.8. The maximum Gasteiger partial charge on any atom is 0.329 e. The summed E-state index contributed by atoms with van der Waals surface area (Å²) in [5, 5.41) is 0.162. The number of aryl methyl sites for hydroxylation is 1. The van der Waals surface area contributed by atoms with Gasteiger partial charge in [-0.15, -0.1) is 0 Å². The summed E-state index contributed by atoms with van der Waals surface area (Å²) in [6.45, 7) is 8.17. The van der Waals surface area contributed by atoms with E-state index < -0.39 is 17.0 Å². The van der Waals surface area contributed by atoms with Crippen molar-refractivity contribution in [3.05, 3.63) is 38.2 Å². The number of pyridine rings is 1. The van der Waals surface area contributed by atoms with Gasteiger partial charge in [0, 0.05) is 38.2 Å². The monoisotopic (exact) mass is 402 g/mol. The van der Waals surface area contributed by atoms with Gasteiger partial charge in [-0.3, -0.25) is 19.1 Å². The molecule has 2 aliphatic heterocycles. The van der Waals surface area contributed by atoms with Crippen molar-refractivity contribution in [2.45, 2.75) is 51.9 Å². The number of aromatic amines is 1. The molecule has 9 heteroatoms. The van der Waals surface area contributed by atoms with Crippen LogP contribution < -0.4 is 11.2 Å². The molecule has 2 aromatic heterocycles. The highest BCUT2D eigenvalue weighted by Gasteiger charge is 2.41. The Morgan fingerprint density at radius 2 is 1.90 bits per heavy atom. The maximum atomic E-state index is 13.4. The molecule has 1 amide bonds. The lowest BCUT2D eigenvalue weighted by atomic mass is 10.0. The average molecular weight is 402 g/mol. The summed E-state index contributed by atoms with van der Waals surface area (Å²) in [6, 6.07) is 1.68. The van der Waals surface area contributed by atoms with E-state index in [-0.39, 0.29) is 28.4 Å². The molecule has 9 nitrogen and oxygen atoms in total. The number of carbonyl (C=O) groups is 1. The fraction of sp³-hybridized carbons (Fsp3) is 0.600. The number of hydrogen-bond donors (Lipinski definition) is 1. The standard InChI is InChI=1S/C20H26N4O5/c1-4-24-16-15(17(25)22-19(24)27)13(11-14(21-16)12(2)3)18(26)23-7-5-20(6-8-23)28-9-10-29-20/h11-12H,4-10H2,1-3H3,(H,22,25,27). The lowest BCUT2D eigenvalue weighted by molar-refractivity contribution is -0.181. The van der Waals surface area contributed by atoms with E-state index in [1.807, 2.05) is 13.8 Å². The molecule has 2 saturated heterocycles. The fourth-order valence-corrected chi connectivity index (χ4v) is 4.06. The first-order valence-corrected chi connectivity index (χ1v) is 10.1. The Kier molecular flexibility index (Phi) is 5.04. The van der Waals surface area contributed by atoms with Crippen molar-refractivity contribution >= 4 is 16.9 Å². The van der Waals surface area contributed by atoms with Gasteiger partial charge in [-0.2, -0.15) is 0 Å². The molecule has 0 saturated carbocycles. The first-order valence-electron chi connectivity index (χ1n) is 10.1. The van der Waals surface area contributed by atoms with Crippen LogP contribution in [0, 0.1) is 0 Å². The minimum Gasteiger partial charge on any atom is -0.347 e. The zero-order valence-corrected chi connectivity index (χ0v) is 17.0. The van der Waals surface area contributed by atoms with Crippen LogP contribution in [-0.2, 0) is 16.0 Å². The third kappa shape index (κ3) is 3.38. The van der Waals surface area contributed by atoms with Crippen LogP contribution >= 0.6 is 0 Å². The summed E-state index contributed by atoms with van der Waals surface area (Å²) in [5.74, 6) is -0.783. The van der Waals surface area contributed by atoms with E-state index in [1.54, 1.807) is 17.9 Å². The Balaban J connectivity index is 1.79. The number of nitrogens with zero attached hydrogens (tertiary/aromatic N) is 3. The molecule has 0 radical (unpaired) electrons. The number of piperidine rings is 1. The lowest BCUT2D eigenvalue weighted by Crippen LogP contribution is -2.47. The van der Waals surface area contributed by atoms with Gasteiger partial charge < -0.3 is 14.4 Å². The van der Waals surface area contributed by atoms with Crippen LogP contribution in [0.25, 0.3) is 11.0 Å². The minimum atomic E-state index is -0.586. The van der Waals surface area contributed by atoms with Gasteiger partial charge in [-0.25, -0.2) is 9.78 Å². The van der Waals surface area contributed by atoms with Crippen LogP contribution in [0.3, 0.4) is 0 Å². The highest BCUT2D eigenvalue weighted by molar-refractivity contribution is 6.05. The van der Waals surface area contributed by atoms with Crippen molar-refractivity contribution < 1.29 is 14.3 Å². The zero-order valence-electron chi connectivity index (χ0n) is 17.0. The van der Waals surface area contributed by atoms with Crippen molar-refractivity contribution in [1.82, 2.24) is 19.4 Å². The molecular weight excluding hydrogens is 376 g/mol. The Labute approximate surface area is 167 Å². The summed E-state index contributed by atoms with van der Waals surface area (Å²) >= 11 is 0. The second-order valence-electron chi connectivity index (χ2n) is 7.85. The number of ether oxygens (including phenoxy) is 2. The van der Waals surface area contributed by atoms with E-state index in [0.29, 0.717) is 51.4 Å². The van der Waals surface area contributed by atoms with Gasteiger partial charge in [0.15, 0.2) is 11.4 Å². The van der Waals surface area contributed by atoms with E-state index in [1.165, 1.54) is 4.57 Å². The molecule has 2 aliphatic rings. The molecule has 4 heterocycles. The molecule has 2 aromatic rings. The van der Waals surface area contributed by atoms with Crippen molar-refractivity contribution in [3.8, 4) is 0 Å². The smallest absolute Gasteiger partial charge is 0.329 e. The predicted molar refractivity (Wildman–Crippen MR) is 106 cm³/mol. The predicted octanol–water partition coefficient (Wildman–Crippen LogP) is 1.21. The van der Waals surface area contributed by atoms with Gasteiger partial charge in [-0.1, -0.05) is 13.8 Å². The van der Waals surface area contributed by atoms with E-state index in [9.17, 15) is 14.4 Å². The van der Waals surface area contributed by atoms with Crippen molar-refractivity contribution in [2.75, 3.05) is 26.3 Å². The Morgan fingerprint density at radius 1 is 1.24 bits per heavy atom. The average Bonchev–Trinajstić information content (AvgIpc) is 3.15. The van der Waals surface area contributed by atoms with Crippen LogP contribution in [0.1, 0.15) is 55.6 Å². The van der Waals surface area contributed by atoms with Crippen molar-refractivity contribution in [1.29, 1.82) is 0 Å². The largest absolute Gasteiger partial charge is 0.347 e. The Morgan fingerprint density at radius 3 is 2.48 bits per heavy atom. The molecule has 0 aromatic carbocycles. The van der Waals surface area contributed by atoms with Gasteiger partial charge in [0.25, 0.3) is 11.5 Å². The first-order chi connectivity index (χ1) is 13.8. The molecular formula is C20H26N4O5. The molecule has 156 valence electrons. The van der Waals surface area contributed by atoms with Gasteiger partial charge >= 0.3 is 5.69 Å². The molecule has 0 atom stereocenters. The minimum absolute atomic E-state index is 0.0376. The quantitative estimate of drug-likeness (QED) is 0.827. The maximum absolute atomic E-state index is 13.4. The number of aromatic nitrogens is 3. The van der Waals surface area contributed by atoms with E-state index >= 15 is 0 Å². The summed E-state index contributed by atoms with van der Waals surface area (Å²) in [4.78, 5) is 46.9. The van der Waals surface area contributed by atoms with Gasteiger partial charge in [0.1, 0.15) is 0 Å². The molecule has 1 N–H and O–H groups in total.